The fourth-order valence-corrected chi connectivity index (χ4v) is 11.2. The maximum atomic E-state index is 15.8. The molecule has 2 aromatic rings. The van der Waals surface area contributed by atoms with E-state index in [1.165, 1.54) is 17.6 Å². The lowest BCUT2D eigenvalue weighted by Gasteiger charge is -2.44. The Morgan fingerprint density at radius 2 is 1.71 bits per heavy atom. The number of nitrogens with two attached hydrogens (primary N) is 1. The molecule has 7 nitrogen and oxygen atoms in total. The quantitative estimate of drug-likeness (QED) is 0.404. The summed E-state index contributed by atoms with van der Waals surface area (Å²) in [5, 5.41) is 6.21. The van der Waals surface area contributed by atoms with Crippen LogP contribution in [-0.2, 0) is 9.16 Å². The first kappa shape index (κ1) is 24.4. The number of hydrogen-bond donors (Lipinski definition) is 1. The van der Waals surface area contributed by atoms with Gasteiger partial charge < -0.3 is 14.9 Å². The number of nitrogens with zero attached hydrogens (tertiary/aromatic N) is 4. The number of halogens is 1. The lowest BCUT2D eigenvalue weighted by atomic mass is 10.2. The van der Waals surface area contributed by atoms with E-state index in [-0.39, 0.29) is 5.25 Å². The summed E-state index contributed by atoms with van der Waals surface area (Å²) >= 11 is 1.54. The first-order valence-corrected chi connectivity index (χ1v) is 14.0. The van der Waals surface area contributed by atoms with Gasteiger partial charge in [0.15, 0.2) is 18.0 Å². The predicted molar refractivity (Wildman–Crippen MR) is 126 cm³/mol. The summed E-state index contributed by atoms with van der Waals surface area (Å²) in [5.74, 6) is 0.329. The minimum atomic E-state index is -2.27. The summed E-state index contributed by atoms with van der Waals surface area (Å²) in [4.78, 5) is 8.43. The van der Waals surface area contributed by atoms with Crippen molar-refractivity contribution in [2.24, 2.45) is 0 Å². The first-order valence-electron chi connectivity index (χ1n) is 11.0. The predicted octanol–water partition coefficient (Wildman–Crippen LogP) is 5.50. The average Bonchev–Trinajstić information content (AvgIpc) is 3.19. The zero-order valence-corrected chi connectivity index (χ0v) is 21.5. The molecule has 0 unspecified atom stereocenters. The van der Waals surface area contributed by atoms with Crippen LogP contribution >= 0.6 is 11.8 Å². The van der Waals surface area contributed by atoms with Gasteiger partial charge in [-0.2, -0.15) is 5.10 Å². The van der Waals surface area contributed by atoms with Gasteiger partial charge >= 0.3 is 0 Å². The number of nitrogen functional groups attached to an aromatic ring is 1. The van der Waals surface area contributed by atoms with E-state index in [0.717, 1.165) is 0 Å². The van der Waals surface area contributed by atoms with Gasteiger partial charge in [0.05, 0.1) is 5.39 Å². The summed E-state index contributed by atoms with van der Waals surface area (Å²) < 4.78 is 29.7. The summed E-state index contributed by atoms with van der Waals surface area (Å²) in [7, 11) is -2.27. The summed E-state index contributed by atoms with van der Waals surface area (Å²) in [5.41, 5.74) is 7.62. The van der Waals surface area contributed by atoms with E-state index in [4.69, 9.17) is 14.9 Å². The molecule has 0 amide bonds. The number of hydrogen-bond acceptors (Lipinski definition) is 7. The molecule has 3 rings (SSSR count). The number of ether oxygens (including phenoxy) is 1. The molecule has 1 radical (unpaired) electrons. The fraction of sp³-hybridized carbons (Fsp3) is 0.714. The van der Waals surface area contributed by atoms with Gasteiger partial charge in [0.1, 0.15) is 29.9 Å². The normalized spacial score (nSPS) is 22.7. The number of rotatable bonds is 8. The van der Waals surface area contributed by atoms with Gasteiger partial charge in [-0.3, -0.25) is 0 Å². The second-order valence-corrected chi connectivity index (χ2v) is 16.4. The second-order valence-electron chi connectivity index (χ2n) is 9.38. The molecule has 1 aliphatic heterocycles. The molecule has 2 N–H and O–H groups in total. The van der Waals surface area contributed by atoms with Crippen molar-refractivity contribution in [3.63, 3.8) is 0 Å². The fourth-order valence-electron chi connectivity index (χ4n) is 4.85. The van der Waals surface area contributed by atoms with Crippen LogP contribution in [0, 0.1) is 6.61 Å². The molecule has 1 saturated heterocycles. The standard InChI is InChI=1S/C21H35FN5O2SSi/c1-11(2)30-20-16-18(23)24-10-25-19(16)27(26-20)21-17(22)15(9-28-21)29-31(12(3)4,13(5)6)14(7)8/h9-15,17,21H,1-8H3,(H2,23,24,25)/t15-,17+,21-/m1/s1. The van der Waals surface area contributed by atoms with Gasteiger partial charge in [-0.05, 0) is 16.6 Å². The summed E-state index contributed by atoms with van der Waals surface area (Å²) in [6, 6.07) is 0. The highest BCUT2D eigenvalue weighted by molar-refractivity contribution is 8.00. The van der Waals surface area contributed by atoms with Crippen molar-refractivity contribution in [3.8, 4) is 0 Å². The Balaban J connectivity index is 1.95. The lowest BCUT2D eigenvalue weighted by Crippen LogP contribution is -2.51. The van der Waals surface area contributed by atoms with Crippen molar-refractivity contribution in [1.29, 1.82) is 0 Å². The SMILES string of the molecule is CC(C)Sc1nn([C@@H]2O[CH][C@@H](O[Si](C(C)C)(C(C)C)C(C)C)[C@@H]2F)c2ncnc(N)c12. The van der Waals surface area contributed by atoms with Crippen LogP contribution in [0.3, 0.4) is 0 Å². The Bertz CT molecular complexity index is 885. The second kappa shape index (κ2) is 9.33. The van der Waals surface area contributed by atoms with Crippen LogP contribution in [0.2, 0.25) is 16.6 Å². The first-order chi connectivity index (χ1) is 14.5. The van der Waals surface area contributed by atoms with E-state index < -0.39 is 26.8 Å². The Hall–Kier alpha value is -1.23. The van der Waals surface area contributed by atoms with E-state index in [1.54, 1.807) is 11.8 Å². The Labute approximate surface area is 189 Å². The number of aromatic nitrogens is 4. The van der Waals surface area contributed by atoms with Crippen molar-refractivity contribution in [3.05, 3.63) is 12.9 Å². The van der Waals surface area contributed by atoms with Crippen LogP contribution in [0.4, 0.5) is 10.2 Å². The smallest absolute Gasteiger partial charge is 0.201 e. The highest BCUT2D eigenvalue weighted by Crippen LogP contribution is 2.46. The third kappa shape index (κ3) is 4.36. The third-order valence-electron chi connectivity index (χ3n) is 6.06. The molecule has 1 fully saturated rings. The van der Waals surface area contributed by atoms with Gasteiger partial charge in [-0.1, -0.05) is 55.4 Å². The molecule has 3 heterocycles. The highest BCUT2D eigenvalue weighted by atomic mass is 32.2. The molecule has 3 atom stereocenters. The molecule has 173 valence electrons. The van der Waals surface area contributed by atoms with Gasteiger partial charge in [0, 0.05) is 5.25 Å². The summed E-state index contributed by atoms with van der Waals surface area (Å²) in [6.07, 6.45) is -1.74. The number of thioether (sulfide) groups is 1. The zero-order valence-electron chi connectivity index (χ0n) is 19.7. The number of alkyl halides is 1. The van der Waals surface area contributed by atoms with Crippen molar-refractivity contribution >= 4 is 36.9 Å². The average molecular weight is 469 g/mol. The topological polar surface area (TPSA) is 88.1 Å². The van der Waals surface area contributed by atoms with Crippen LogP contribution in [-0.4, -0.2) is 45.6 Å². The van der Waals surface area contributed by atoms with Crippen molar-refractivity contribution in [2.45, 2.75) is 101 Å². The molecular formula is C21H35FN5O2SSi. The van der Waals surface area contributed by atoms with Crippen LogP contribution in [0.1, 0.15) is 61.6 Å². The van der Waals surface area contributed by atoms with Gasteiger partial charge in [-0.25, -0.2) is 19.0 Å². The molecule has 0 saturated carbocycles. The van der Waals surface area contributed by atoms with Crippen molar-refractivity contribution < 1.29 is 13.6 Å². The van der Waals surface area contributed by atoms with Gasteiger partial charge in [-0.15, -0.1) is 11.8 Å². The highest BCUT2D eigenvalue weighted by Gasteiger charge is 2.51. The van der Waals surface area contributed by atoms with Crippen LogP contribution in [0.5, 0.6) is 0 Å². The number of anilines is 1. The zero-order chi connectivity index (χ0) is 23.1. The third-order valence-corrected chi connectivity index (χ3v) is 13.1. The van der Waals surface area contributed by atoms with E-state index >= 15 is 4.39 Å². The van der Waals surface area contributed by atoms with Crippen molar-refractivity contribution in [1.82, 2.24) is 19.7 Å². The van der Waals surface area contributed by atoms with E-state index in [0.29, 0.717) is 38.5 Å². The van der Waals surface area contributed by atoms with Gasteiger partial charge in [0.25, 0.3) is 0 Å². The lowest BCUT2D eigenvalue weighted by molar-refractivity contribution is 0.0293. The molecule has 2 aromatic heterocycles. The van der Waals surface area contributed by atoms with Crippen LogP contribution in [0.25, 0.3) is 11.0 Å². The summed E-state index contributed by atoms with van der Waals surface area (Å²) in [6.45, 7) is 18.7. The van der Waals surface area contributed by atoms with Crippen LogP contribution < -0.4 is 5.73 Å². The van der Waals surface area contributed by atoms with E-state index in [9.17, 15) is 0 Å². The molecule has 0 spiro atoms. The maximum Gasteiger partial charge on any atom is 0.201 e. The van der Waals surface area contributed by atoms with E-state index in [2.05, 4.69) is 70.5 Å². The minimum Gasteiger partial charge on any atom is -0.407 e. The van der Waals surface area contributed by atoms with Crippen molar-refractivity contribution in [2.75, 3.05) is 5.73 Å². The molecule has 0 bridgehead atoms. The van der Waals surface area contributed by atoms with Crippen LogP contribution in [0.15, 0.2) is 11.4 Å². The Kier molecular flexibility index (Phi) is 7.34. The number of fused-ring (bicyclic) bond motifs is 1. The monoisotopic (exact) mass is 468 g/mol. The van der Waals surface area contributed by atoms with E-state index in [1.807, 2.05) is 0 Å². The van der Waals surface area contributed by atoms with Gasteiger partial charge in [0.2, 0.25) is 8.32 Å². The molecule has 0 aromatic carbocycles. The Morgan fingerprint density at radius 1 is 1.10 bits per heavy atom. The molecule has 31 heavy (non-hydrogen) atoms. The molecule has 0 aliphatic carbocycles. The Morgan fingerprint density at radius 3 is 2.26 bits per heavy atom. The molecular weight excluding hydrogens is 433 g/mol. The molecule has 10 heteroatoms. The largest absolute Gasteiger partial charge is 0.407 e. The molecule has 1 aliphatic rings. The minimum absolute atomic E-state index is 0.272. The maximum absolute atomic E-state index is 15.8.